The van der Waals surface area contributed by atoms with E-state index in [1.54, 1.807) is 17.1 Å². The van der Waals surface area contributed by atoms with Gasteiger partial charge in [-0.05, 0) is 24.1 Å². The average molecular weight is 291 g/mol. The summed E-state index contributed by atoms with van der Waals surface area (Å²) in [7, 11) is 0. The first-order valence-electron chi connectivity index (χ1n) is 7.25. The largest absolute Gasteiger partial charge is 0.352 e. The number of nitrogens with one attached hydrogen (secondary N) is 1. The summed E-state index contributed by atoms with van der Waals surface area (Å²) >= 11 is 0. The van der Waals surface area contributed by atoms with Gasteiger partial charge in [-0.25, -0.2) is 4.68 Å². The number of amides is 1. The van der Waals surface area contributed by atoms with E-state index in [1.165, 1.54) is 5.56 Å². The number of hydrogen-bond donors (Lipinski definition) is 1. The van der Waals surface area contributed by atoms with E-state index in [1.807, 2.05) is 48.5 Å². The van der Waals surface area contributed by atoms with E-state index < -0.39 is 0 Å². The highest BCUT2D eigenvalue weighted by molar-refractivity contribution is 5.93. The van der Waals surface area contributed by atoms with Crippen molar-refractivity contribution in [2.45, 2.75) is 6.42 Å². The molecule has 0 radical (unpaired) electrons. The summed E-state index contributed by atoms with van der Waals surface area (Å²) in [5.74, 6) is -0.0990. The van der Waals surface area contributed by atoms with Crippen LogP contribution in [0.4, 0.5) is 0 Å². The lowest BCUT2D eigenvalue weighted by molar-refractivity contribution is 0.0954. The monoisotopic (exact) mass is 291 g/mol. The fourth-order valence-electron chi connectivity index (χ4n) is 2.23. The molecule has 1 heterocycles. The number of benzene rings is 2. The van der Waals surface area contributed by atoms with Gasteiger partial charge in [0, 0.05) is 12.7 Å². The molecule has 0 saturated heterocycles. The lowest BCUT2D eigenvalue weighted by atomic mass is 10.1. The zero-order valence-electron chi connectivity index (χ0n) is 12.1. The third-order valence-corrected chi connectivity index (χ3v) is 3.41. The lowest BCUT2D eigenvalue weighted by Gasteiger charge is -2.03. The fraction of sp³-hybridized carbons (Fsp3) is 0.111. The molecule has 0 aliphatic heterocycles. The van der Waals surface area contributed by atoms with Crippen LogP contribution in [0.25, 0.3) is 5.69 Å². The second kappa shape index (κ2) is 6.72. The Kier molecular flexibility index (Phi) is 4.30. The molecule has 4 heteroatoms. The maximum Gasteiger partial charge on any atom is 0.254 e. The van der Waals surface area contributed by atoms with E-state index in [-0.39, 0.29) is 5.91 Å². The number of carbonyl (C=O) groups excluding carboxylic acids is 1. The Bertz CT molecular complexity index is 735. The molecule has 0 bridgehead atoms. The van der Waals surface area contributed by atoms with Crippen LogP contribution in [0, 0.1) is 0 Å². The number of rotatable bonds is 5. The zero-order valence-corrected chi connectivity index (χ0v) is 12.1. The number of aromatic nitrogens is 2. The van der Waals surface area contributed by atoms with Crippen molar-refractivity contribution in [3.8, 4) is 5.69 Å². The molecule has 1 amide bonds. The maximum absolute atomic E-state index is 12.1. The van der Waals surface area contributed by atoms with E-state index in [4.69, 9.17) is 0 Å². The predicted molar refractivity (Wildman–Crippen MR) is 86.0 cm³/mol. The van der Waals surface area contributed by atoms with Crippen molar-refractivity contribution in [2.24, 2.45) is 0 Å². The van der Waals surface area contributed by atoms with Crippen LogP contribution in [0.1, 0.15) is 15.9 Å². The van der Waals surface area contributed by atoms with Gasteiger partial charge in [0.2, 0.25) is 0 Å². The molecule has 0 saturated carbocycles. The minimum Gasteiger partial charge on any atom is -0.352 e. The first-order valence-corrected chi connectivity index (χ1v) is 7.25. The van der Waals surface area contributed by atoms with E-state index in [0.717, 1.165) is 12.1 Å². The van der Waals surface area contributed by atoms with Crippen molar-refractivity contribution in [2.75, 3.05) is 6.54 Å². The molecule has 3 aromatic rings. The van der Waals surface area contributed by atoms with Gasteiger partial charge in [-0.15, -0.1) is 0 Å². The molecule has 0 atom stereocenters. The van der Waals surface area contributed by atoms with Crippen molar-refractivity contribution in [3.63, 3.8) is 0 Å². The Labute approximate surface area is 129 Å². The second-order valence-corrected chi connectivity index (χ2v) is 5.00. The van der Waals surface area contributed by atoms with Gasteiger partial charge in [0.15, 0.2) is 0 Å². The molecule has 22 heavy (non-hydrogen) atoms. The van der Waals surface area contributed by atoms with Crippen LogP contribution < -0.4 is 5.32 Å². The minimum atomic E-state index is -0.0990. The number of para-hydroxylation sites is 1. The minimum absolute atomic E-state index is 0.0990. The molecular weight excluding hydrogens is 274 g/mol. The molecule has 2 aromatic carbocycles. The van der Waals surface area contributed by atoms with Crippen LogP contribution in [0.3, 0.4) is 0 Å². The highest BCUT2D eigenvalue weighted by Crippen LogP contribution is 2.07. The van der Waals surface area contributed by atoms with Crippen LogP contribution in [-0.4, -0.2) is 22.2 Å². The molecule has 4 nitrogen and oxygen atoms in total. The molecule has 0 fully saturated rings. The van der Waals surface area contributed by atoms with E-state index >= 15 is 0 Å². The van der Waals surface area contributed by atoms with Crippen molar-refractivity contribution in [3.05, 3.63) is 84.2 Å². The summed E-state index contributed by atoms with van der Waals surface area (Å²) < 4.78 is 1.70. The van der Waals surface area contributed by atoms with Crippen LogP contribution in [-0.2, 0) is 6.42 Å². The van der Waals surface area contributed by atoms with Gasteiger partial charge >= 0.3 is 0 Å². The SMILES string of the molecule is O=C(NCCc1ccccc1)c1cnn(-c2ccccc2)c1. The Morgan fingerprint density at radius 1 is 1.00 bits per heavy atom. The van der Waals surface area contributed by atoms with Crippen LogP contribution >= 0.6 is 0 Å². The Morgan fingerprint density at radius 3 is 2.41 bits per heavy atom. The molecular formula is C18H17N3O. The average Bonchev–Trinajstić information content (AvgIpc) is 3.07. The molecule has 0 unspecified atom stereocenters. The van der Waals surface area contributed by atoms with E-state index in [9.17, 15) is 4.79 Å². The smallest absolute Gasteiger partial charge is 0.254 e. The van der Waals surface area contributed by atoms with Crippen molar-refractivity contribution in [1.82, 2.24) is 15.1 Å². The summed E-state index contributed by atoms with van der Waals surface area (Å²) in [6.07, 6.45) is 4.15. The van der Waals surface area contributed by atoms with E-state index in [2.05, 4.69) is 22.5 Å². The molecule has 0 aliphatic rings. The van der Waals surface area contributed by atoms with Gasteiger partial charge in [-0.3, -0.25) is 4.79 Å². The highest BCUT2D eigenvalue weighted by atomic mass is 16.1. The second-order valence-electron chi connectivity index (χ2n) is 5.00. The normalized spacial score (nSPS) is 10.4. The van der Waals surface area contributed by atoms with Gasteiger partial charge < -0.3 is 5.32 Å². The highest BCUT2D eigenvalue weighted by Gasteiger charge is 2.08. The number of carbonyl (C=O) groups is 1. The standard InChI is InChI=1S/C18H17N3O/c22-18(19-12-11-15-7-3-1-4-8-15)16-13-20-21(14-16)17-9-5-2-6-10-17/h1-10,13-14H,11-12H2,(H,19,22). The van der Waals surface area contributed by atoms with E-state index in [0.29, 0.717) is 12.1 Å². The van der Waals surface area contributed by atoms with Gasteiger partial charge in [0.25, 0.3) is 5.91 Å². The number of nitrogens with zero attached hydrogens (tertiary/aromatic N) is 2. The molecule has 0 aliphatic carbocycles. The first-order chi connectivity index (χ1) is 10.8. The van der Waals surface area contributed by atoms with Crippen molar-refractivity contribution < 1.29 is 4.79 Å². The third-order valence-electron chi connectivity index (χ3n) is 3.41. The molecule has 1 aromatic heterocycles. The predicted octanol–water partition coefficient (Wildman–Crippen LogP) is 2.84. The summed E-state index contributed by atoms with van der Waals surface area (Å²) in [4.78, 5) is 12.1. The fourth-order valence-corrected chi connectivity index (χ4v) is 2.23. The Morgan fingerprint density at radius 2 is 1.68 bits per heavy atom. The van der Waals surface area contributed by atoms with Gasteiger partial charge in [0.1, 0.15) is 0 Å². The quantitative estimate of drug-likeness (QED) is 0.785. The van der Waals surface area contributed by atoms with Gasteiger partial charge in [-0.2, -0.15) is 5.10 Å². The van der Waals surface area contributed by atoms with Crippen molar-refractivity contribution >= 4 is 5.91 Å². The third kappa shape index (κ3) is 3.41. The Balaban J connectivity index is 1.58. The topological polar surface area (TPSA) is 46.9 Å². The maximum atomic E-state index is 12.1. The zero-order chi connectivity index (χ0) is 15.2. The van der Waals surface area contributed by atoms with Crippen LogP contribution in [0.15, 0.2) is 73.1 Å². The summed E-state index contributed by atoms with van der Waals surface area (Å²) in [5.41, 5.74) is 2.71. The molecule has 110 valence electrons. The molecule has 1 N–H and O–H groups in total. The van der Waals surface area contributed by atoms with Crippen LogP contribution in [0.5, 0.6) is 0 Å². The van der Waals surface area contributed by atoms with Crippen molar-refractivity contribution in [1.29, 1.82) is 0 Å². The summed E-state index contributed by atoms with van der Waals surface area (Å²) in [6.45, 7) is 0.610. The summed E-state index contributed by atoms with van der Waals surface area (Å²) in [5, 5.41) is 7.15. The van der Waals surface area contributed by atoms with Crippen LogP contribution in [0.2, 0.25) is 0 Å². The molecule has 0 spiro atoms. The van der Waals surface area contributed by atoms with Gasteiger partial charge in [-0.1, -0.05) is 48.5 Å². The summed E-state index contributed by atoms with van der Waals surface area (Å²) in [6, 6.07) is 19.8. The lowest BCUT2D eigenvalue weighted by Crippen LogP contribution is -2.25. The first kappa shape index (κ1) is 14.1. The Hall–Kier alpha value is -2.88. The number of hydrogen-bond acceptors (Lipinski definition) is 2. The van der Waals surface area contributed by atoms with Gasteiger partial charge in [0.05, 0.1) is 17.4 Å². The molecule has 3 rings (SSSR count).